The zero-order valence-electron chi connectivity index (χ0n) is 10.2. The van der Waals surface area contributed by atoms with E-state index in [1.165, 1.54) is 6.20 Å². The largest absolute Gasteiger partial charge is 0.465 e. The van der Waals surface area contributed by atoms with E-state index in [2.05, 4.69) is 25.4 Å². The Hall–Kier alpha value is -1.63. The van der Waals surface area contributed by atoms with Gasteiger partial charge >= 0.3 is 6.09 Å². The van der Waals surface area contributed by atoms with Gasteiger partial charge in [-0.15, -0.1) is 10.2 Å². The number of carbonyl (C=O) groups is 1. The minimum Gasteiger partial charge on any atom is -0.465 e. The van der Waals surface area contributed by atoms with Crippen molar-refractivity contribution >= 4 is 23.6 Å². The summed E-state index contributed by atoms with van der Waals surface area (Å²) in [6.07, 6.45) is 4.18. The van der Waals surface area contributed by atoms with Crippen molar-refractivity contribution in [1.82, 2.24) is 20.5 Å². The average Bonchev–Trinajstić information content (AvgIpc) is 2.62. The molecule has 2 fully saturated rings. The van der Waals surface area contributed by atoms with E-state index in [9.17, 15) is 4.79 Å². The molecular weight excluding hydrogens is 270 g/mol. The van der Waals surface area contributed by atoms with Gasteiger partial charge in [-0.3, -0.25) is 0 Å². The van der Waals surface area contributed by atoms with Gasteiger partial charge in [-0.25, -0.2) is 9.78 Å². The van der Waals surface area contributed by atoms with E-state index in [1.807, 2.05) is 0 Å². The number of hydrogen-bond acceptors (Lipinski definition) is 5. The topological polar surface area (TPSA) is 91.2 Å². The second kappa shape index (κ2) is 4.80. The Morgan fingerprint density at radius 2 is 2.05 bits per heavy atom. The fourth-order valence-corrected chi connectivity index (χ4v) is 3.26. The first-order valence-electron chi connectivity index (χ1n) is 6.26. The number of carboxylic acid groups (broad SMARTS) is 1. The lowest BCUT2D eigenvalue weighted by molar-refractivity contribution is 0.185. The Balaban J connectivity index is 1.76. The number of nitrogens with one attached hydrogen (secondary N) is 1. The molecule has 0 unspecified atom stereocenters. The molecule has 3 heterocycles. The highest BCUT2D eigenvalue weighted by Crippen LogP contribution is 2.37. The molecule has 8 heteroatoms. The molecule has 0 aromatic carbocycles. The minimum absolute atomic E-state index is 0.0199. The van der Waals surface area contributed by atoms with Crippen LogP contribution in [0.1, 0.15) is 25.7 Å². The molecule has 0 spiro atoms. The van der Waals surface area contributed by atoms with E-state index in [-0.39, 0.29) is 23.3 Å². The van der Waals surface area contributed by atoms with Crippen LogP contribution in [0.4, 0.5) is 10.7 Å². The molecule has 2 aliphatic rings. The SMILES string of the molecule is O=C(O)N[C@H]1C[C@H]2CC[C@@H](C1)N2c1ncc(Cl)nn1. The lowest BCUT2D eigenvalue weighted by Gasteiger charge is -2.38. The maximum Gasteiger partial charge on any atom is 0.404 e. The van der Waals surface area contributed by atoms with Crippen molar-refractivity contribution < 1.29 is 9.90 Å². The Bertz CT molecular complexity index is 468. The van der Waals surface area contributed by atoms with Crippen molar-refractivity contribution in [3.63, 3.8) is 0 Å². The quantitative estimate of drug-likeness (QED) is 0.850. The summed E-state index contributed by atoms with van der Waals surface area (Å²) >= 11 is 5.69. The Kier molecular flexibility index (Phi) is 3.14. The zero-order chi connectivity index (χ0) is 13.4. The molecule has 1 amide bonds. The fraction of sp³-hybridized carbons (Fsp3) is 0.636. The Morgan fingerprint density at radius 1 is 1.37 bits per heavy atom. The molecule has 7 nitrogen and oxygen atoms in total. The van der Waals surface area contributed by atoms with Gasteiger partial charge in [0, 0.05) is 18.1 Å². The number of hydrogen-bond donors (Lipinski definition) is 2. The lowest BCUT2D eigenvalue weighted by Crippen LogP contribution is -2.50. The van der Waals surface area contributed by atoms with Crippen LogP contribution in [0.5, 0.6) is 0 Å². The summed E-state index contributed by atoms with van der Waals surface area (Å²) in [6, 6.07) is 0.573. The molecule has 0 radical (unpaired) electrons. The molecular formula is C11H14ClN5O2. The standard InChI is InChI=1S/C11H14ClN5O2/c12-9-5-13-10(16-15-9)17-7-1-2-8(17)4-6(3-7)14-11(18)19/h5-8,14H,1-4H2,(H,18,19)/t6-,7+,8-. The third-order valence-corrected chi connectivity index (χ3v) is 3.99. The molecule has 3 rings (SSSR count). The van der Waals surface area contributed by atoms with E-state index in [0.29, 0.717) is 5.95 Å². The van der Waals surface area contributed by atoms with E-state index >= 15 is 0 Å². The van der Waals surface area contributed by atoms with Crippen molar-refractivity contribution in [2.45, 2.75) is 43.8 Å². The molecule has 0 saturated carbocycles. The maximum absolute atomic E-state index is 10.7. The number of fused-ring (bicyclic) bond motifs is 2. The number of aromatic nitrogens is 3. The third-order valence-electron chi connectivity index (χ3n) is 3.81. The zero-order valence-corrected chi connectivity index (χ0v) is 10.9. The second-order valence-electron chi connectivity index (χ2n) is 4.99. The second-order valence-corrected chi connectivity index (χ2v) is 5.38. The van der Waals surface area contributed by atoms with Crippen LogP contribution in [0, 0.1) is 0 Å². The van der Waals surface area contributed by atoms with Gasteiger partial charge in [-0.1, -0.05) is 11.6 Å². The molecule has 102 valence electrons. The van der Waals surface area contributed by atoms with Crippen LogP contribution in [-0.2, 0) is 0 Å². The van der Waals surface area contributed by atoms with Crippen LogP contribution in [-0.4, -0.2) is 44.5 Å². The van der Waals surface area contributed by atoms with Crippen molar-refractivity contribution in [2.24, 2.45) is 0 Å². The predicted molar refractivity (Wildman–Crippen MR) is 68.3 cm³/mol. The third kappa shape index (κ3) is 2.42. The van der Waals surface area contributed by atoms with Crippen molar-refractivity contribution in [3.8, 4) is 0 Å². The summed E-state index contributed by atoms with van der Waals surface area (Å²) in [4.78, 5) is 17.1. The molecule has 19 heavy (non-hydrogen) atoms. The number of halogens is 1. The van der Waals surface area contributed by atoms with E-state index in [0.717, 1.165) is 25.7 Å². The first kappa shape index (κ1) is 12.4. The minimum atomic E-state index is -0.956. The summed E-state index contributed by atoms with van der Waals surface area (Å²) in [6.45, 7) is 0. The summed E-state index contributed by atoms with van der Waals surface area (Å²) in [7, 11) is 0. The fourth-order valence-electron chi connectivity index (χ4n) is 3.17. The first-order chi connectivity index (χ1) is 9.13. The highest BCUT2D eigenvalue weighted by molar-refractivity contribution is 6.29. The van der Waals surface area contributed by atoms with Gasteiger partial charge < -0.3 is 15.3 Å². The van der Waals surface area contributed by atoms with Crippen LogP contribution in [0.3, 0.4) is 0 Å². The van der Waals surface area contributed by atoms with Crippen molar-refractivity contribution in [3.05, 3.63) is 11.3 Å². The maximum atomic E-state index is 10.7. The van der Waals surface area contributed by atoms with Crippen molar-refractivity contribution in [1.29, 1.82) is 0 Å². The van der Waals surface area contributed by atoms with E-state index in [1.54, 1.807) is 0 Å². The van der Waals surface area contributed by atoms with Gasteiger partial charge in [0.05, 0.1) is 6.20 Å². The molecule has 3 atom stereocenters. The van der Waals surface area contributed by atoms with Gasteiger partial charge in [0.1, 0.15) is 0 Å². The highest BCUT2D eigenvalue weighted by Gasteiger charge is 2.42. The van der Waals surface area contributed by atoms with Crippen LogP contribution in [0.15, 0.2) is 6.20 Å². The number of nitrogens with zero attached hydrogens (tertiary/aromatic N) is 4. The smallest absolute Gasteiger partial charge is 0.404 e. The molecule has 0 aliphatic carbocycles. The summed E-state index contributed by atoms with van der Waals surface area (Å²) < 4.78 is 0. The molecule has 2 saturated heterocycles. The number of amides is 1. The Morgan fingerprint density at radius 3 is 2.58 bits per heavy atom. The van der Waals surface area contributed by atoms with Gasteiger partial charge in [-0.05, 0) is 25.7 Å². The van der Waals surface area contributed by atoms with E-state index in [4.69, 9.17) is 16.7 Å². The van der Waals surface area contributed by atoms with Gasteiger partial charge in [0.2, 0.25) is 5.95 Å². The Labute approximate surface area is 115 Å². The first-order valence-corrected chi connectivity index (χ1v) is 6.64. The lowest BCUT2D eigenvalue weighted by atomic mass is 9.98. The summed E-state index contributed by atoms with van der Waals surface area (Å²) in [5.41, 5.74) is 0. The van der Waals surface area contributed by atoms with Gasteiger partial charge in [-0.2, -0.15) is 0 Å². The molecule has 1 aromatic rings. The highest BCUT2D eigenvalue weighted by atomic mass is 35.5. The molecule has 1 aromatic heterocycles. The molecule has 2 N–H and O–H groups in total. The number of rotatable bonds is 2. The number of anilines is 1. The summed E-state index contributed by atoms with van der Waals surface area (Å²) in [5, 5.41) is 19.5. The van der Waals surface area contributed by atoms with Crippen LogP contribution >= 0.6 is 11.6 Å². The van der Waals surface area contributed by atoms with E-state index < -0.39 is 6.09 Å². The average molecular weight is 284 g/mol. The van der Waals surface area contributed by atoms with Gasteiger partial charge in [0.25, 0.3) is 0 Å². The van der Waals surface area contributed by atoms with Crippen molar-refractivity contribution in [2.75, 3.05) is 4.90 Å². The number of piperidine rings is 1. The van der Waals surface area contributed by atoms with Crippen LogP contribution in [0.25, 0.3) is 0 Å². The van der Waals surface area contributed by atoms with Crippen LogP contribution in [0.2, 0.25) is 5.15 Å². The van der Waals surface area contributed by atoms with Crippen LogP contribution < -0.4 is 10.2 Å². The molecule has 2 aliphatic heterocycles. The molecule has 2 bridgehead atoms. The van der Waals surface area contributed by atoms with Gasteiger partial charge in [0.15, 0.2) is 5.15 Å². The summed E-state index contributed by atoms with van der Waals surface area (Å²) in [5.74, 6) is 0.589. The monoisotopic (exact) mass is 283 g/mol. The predicted octanol–water partition coefficient (Wildman–Crippen LogP) is 1.29. The normalized spacial score (nSPS) is 29.3.